The molecule has 1 amide bonds. The SMILES string of the molecule is CNC(=O)C1CCN(S(=O)(=O)c2ccc(F)cc2C)C1. The van der Waals surface area contributed by atoms with Gasteiger partial charge in [-0.3, -0.25) is 4.79 Å². The van der Waals surface area contributed by atoms with Crippen molar-refractivity contribution in [3.8, 4) is 0 Å². The average Bonchev–Trinajstić information content (AvgIpc) is 2.87. The molecule has 0 aromatic heterocycles. The third-order valence-corrected chi connectivity index (χ3v) is 5.55. The number of amides is 1. The summed E-state index contributed by atoms with van der Waals surface area (Å²) >= 11 is 0. The highest BCUT2D eigenvalue weighted by Gasteiger charge is 2.36. The number of nitrogens with one attached hydrogen (secondary N) is 1. The van der Waals surface area contributed by atoms with E-state index in [1.807, 2.05) is 0 Å². The molecule has 0 spiro atoms. The molecular formula is C13H17FN2O3S. The summed E-state index contributed by atoms with van der Waals surface area (Å²) in [6.07, 6.45) is 0.499. The molecule has 1 aliphatic heterocycles. The highest BCUT2D eigenvalue weighted by Crippen LogP contribution is 2.26. The smallest absolute Gasteiger partial charge is 0.243 e. The molecule has 5 nitrogen and oxygen atoms in total. The summed E-state index contributed by atoms with van der Waals surface area (Å²) in [5.41, 5.74) is 0.369. The molecule has 1 aliphatic rings. The van der Waals surface area contributed by atoms with Crippen molar-refractivity contribution in [1.82, 2.24) is 9.62 Å². The Balaban J connectivity index is 2.26. The highest BCUT2D eigenvalue weighted by molar-refractivity contribution is 7.89. The van der Waals surface area contributed by atoms with E-state index in [-0.39, 0.29) is 23.3 Å². The van der Waals surface area contributed by atoms with Crippen LogP contribution < -0.4 is 5.32 Å². The van der Waals surface area contributed by atoms with E-state index in [4.69, 9.17) is 0 Å². The molecule has 1 saturated heterocycles. The molecule has 7 heteroatoms. The minimum atomic E-state index is -3.67. The fourth-order valence-corrected chi connectivity index (χ4v) is 4.11. The highest BCUT2D eigenvalue weighted by atomic mass is 32.2. The van der Waals surface area contributed by atoms with E-state index in [0.717, 1.165) is 6.07 Å². The quantitative estimate of drug-likeness (QED) is 0.901. The lowest BCUT2D eigenvalue weighted by molar-refractivity contribution is -0.123. The Bertz CT molecular complexity index is 631. The van der Waals surface area contributed by atoms with Crippen molar-refractivity contribution < 1.29 is 17.6 Å². The predicted octanol–water partition coefficient (Wildman–Crippen LogP) is 0.891. The van der Waals surface area contributed by atoms with Crippen LogP contribution in [0.5, 0.6) is 0 Å². The lowest BCUT2D eigenvalue weighted by Crippen LogP contribution is -2.33. The number of hydrogen-bond donors (Lipinski definition) is 1. The molecule has 1 N–H and O–H groups in total. The molecule has 1 atom stereocenters. The van der Waals surface area contributed by atoms with Gasteiger partial charge in [-0.05, 0) is 37.1 Å². The van der Waals surface area contributed by atoms with Crippen LogP contribution >= 0.6 is 0 Å². The Labute approximate surface area is 117 Å². The largest absolute Gasteiger partial charge is 0.359 e. The normalized spacial score (nSPS) is 20.1. The van der Waals surface area contributed by atoms with Gasteiger partial charge >= 0.3 is 0 Å². The van der Waals surface area contributed by atoms with Crippen LogP contribution in [0.25, 0.3) is 0 Å². The summed E-state index contributed by atoms with van der Waals surface area (Å²) in [5.74, 6) is -0.944. The van der Waals surface area contributed by atoms with Gasteiger partial charge in [0.05, 0.1) is 10.8 Å². The number of nitrogens with zero attached hydrogens (tertiary/aromatic N) is 1. The second-order valence-electron chi connectivity index (χ2n) is 4.87. The van der Waals surface area contributed by atoms with Gasteiger partial charge in [-0.15, -0.1) is 0 Å². The number of aryl methyl sites for hydroxylation is 1. The van der Waals surface area contributed by atoms with Gasteiger partial charge in [-0.2, -0.15) is 4.31 Å². The molecular weight excluding hydrogens is 283 g/mol. The van der Waals surface area contributed by atoms with Crippen LogP contribution in [0.2, 0.25) is 0 Å². The van der Waals surface area contributed by atoms with Gasteiger partial charge in [-0.1, -0.05) is 0 Å². The fourth-order valence-electron chi connectivity index (χ4n) is 2.41. The van der Waals surface area contributed by atoms with Crippen molar-refractivity contribution in [2.24, 2.45) is 5.92 Å². The number of hydrogen-bond acceptors (Lipinski definition) is 3. The van der Waals surface area contributed by atoms with E-state index in [2.05, 4.69) is 5.32 Å². The molecule has 0 aliphatic carbocycles. The fraction of sp³-hybridized carbons (Fsp3) is 0.462. The summed E-state index contributed by atoms with van der Waals surface area (Å²) in [6.45, 7) is 2.03. The number of halogens is 1. The molecule has 20 heavy (non-hydrogen) atoms. The van der Waals surface area contributed by atoms with Gasteiger partial charge in [0.15, 0.2) is 0 Å². The summed E-state index contributed by atoms with van der Waals surface area (Å²) in [7, 11) is -2.14. The maximum Gasteiger partial charge on any atom is 0.243 e. The molecule has 1 aromatic rings. The summed E-state index contributed by atoms with van der Waals surface area (Å²) in [5, 5.41) is 2.53. The van der Waals surface area contributed by atoms with Crippen LogP contribution in [-0.2, 0) is 14.8 Å². The molecule has 110 valence electrons. The van der Waals surface area contributed by atoms with Crippen LogP contribution in [0.15, 0.2) is 23.1 Å². The van der Waals surface area contributed by atoms with Crippen LogP contribution in [0, 0.1) is 18.7 Å². The third kappa shape index (κ3) is 2.69. The van der Waals surface area contributed by atoms with Gasteiger partial charge in [0.25, 0.3) is 0 Å². The molecule has 1 heterocycles. The van der Waals surface area contributed by atoms with Gasteiger partial charge < -0.3 is 5.32 Å². The van der Waals surface area contributed by atoms with Crippen molar-refractivity contribution in [3.63, 3.8) is 0 Å². The van der Waals surface area contributed by atoms with Gasteiger partial charge in [0.1, 0.15) is 5.82 Å². The lowest BCUT2D eigenvalue weighted by atomic mass is 10.1. The zero-order valence-corrected chi connectivity index (χ0v) is 12.2. The Kier molecular flexibility index (Phi) is 4.10. The topological polar surface area (TPSA) is 66.5 Å². The lowest BCUT2D eigenvalue weighted by Gasteiger charge is -2.17. The number of sulfonamides is 1. The average molecular weight is 300 g/mol. The summed E-state index contributed by atoms with van der Waals surface area (Å²) < 4.78 is 39.3. The number of carbonyl (C=O) groups excluding carboxylic acids is 1. The van der Waals surface area contributed by atoms with Crippen molar-refractivity contribution in [3.05, 3.63) is 29.6 Å². The number of carbonyl (C=O) groups is 1. The Morgan fingerprint density at radius 1 is 1.45 bits per heavy atom. The second kappa shape index (κ2) is 5.49. The first-order valence-corrected chi connectivity index (χ1v) is 7.78. The monoisotopic (exact) mass is 300 g/mol. The van der Waals surface area contributed by atoms with E-state index in [9.17, 15) is 17.6 Å². The summed E-state index contributed by atoms with van der Waals surface area (Å²) in [4.78, 5) is 11.6. The Morgan fingerprint density at radius 2 is 2.15 bits per heavy atom. The van der Waals surface area contributed by atoms with Gasteiger partial charge in [-0.25, -0.2) is 12.8 Å². The molecule has 1 unspecified atom stereocenters. The minimum Gasteiger partial charge on any atom is -0.359 e. The maximum atomic E-state index is 13.1. The maximum absolute atomic E-state index is 13.1. The first kappa shape index (κ1) is 14.9. The molecule has 0 radical (unpaired) electrons. The van der Waals surface area contributed by atoms with Gasteiger partial charge in [0, 0.05) is 20.1 Å². The van der Waals surface area contributed by atoms with E-state index >= 15 is 0 Å². The van der Waals surface area contributed by atoms with Crippen LogP contribution in [0.3, 0.4) is 0 Å². The van der Waals surface area contributed by atoms with Crippen molar-refractivity contribution >= 4 is 15.9 Å². The molecule has 1 fully saturated rings. The number of rotatable bonds is 3. The Hall–Kier alpha value is -1.47. The van der Waals surface area contributed by atoms with E-state index in [0.29, 0.717) is 18.5 Å². The van der Waals surface area contributed by atoms with Crippen molar-refractivity contribution in [2.75, 3.05) is 20.1 Å². The zero-order valence-electron chi connectivity index (χ0n) is 11.4. The zero-order chi connectivity index (χ0) is 14.9. The molecule has 0 bridgehead atoms. The minimum absolute atomic E-state index is 0.0939. The van der Waals surface area contributed by atoms with Crippen LogP contribution in [0.1, 0.15) is 12.0 Å². The van der Waals surface area contributed by atoms with Crippen LogP contribution in [-0.4, -0.2) is 38.8 Å². The first-order chi connectivity index (χ1) is 9.36. The first-order valence-electron chi connectivity index (χ1n) is 6.34. The van der Waals surface area contributed by atoms with E-state index < -0.39 is 15.8 Å². The van der Waals surface area contributed by atoms with Crippen LogP contribution in [0.4, 0.5) is 4.39 Å². The molecule has 2 rings (SSSR count). The van der Waals surface area contributed by atoms with E-state index in [1.54, 1.807) is 6.92 Å². The number of benzene rings is 1. The molecule has 0 saturated carbocycles. The molecule has 1 aromatic carbocycles. The van der Waals surface area contributed by atoms with E-state index in [1.165, 1.54) is 23.5 Å². The van der Waals surface area contributed by atoms with Gasteiger partial charge in [0.2, 0.25) is 15.9 Å². The standard InChI is InChI=1S/C13H17FN2O3S/c1-9-7-11(14)3-4-12(9)20(18,19)16-6-5-10(8-16)13(17)15-2/h3-4,7,10H,5-6,8H2,1-2H3,(H,15,17). The van der Waals surface area contributed by atoms with Crippen molar-refractivity contribution in [2.45, 2.75) is 18.2 Å². The third-order valence-electron chi connectivity index (χ3n) is 3.52. The second-order valence-corrected chi connectivity index (χ2v) is 6.78. The Morgan fingerprint density at radius 3 is 2.75 bits per heavy atom. The summed E-state index contributed by atoms with van der Waals surface area (Å²) in [6, 6.07) is 3.60. The van der Waals surface area contributed by atoms with Crippen molar-refractivity contribution in [1.29, 1.82) is 0 Å². The predicted molar refractivity (Wildman–Crippen MR) is 72.1 cm³/mol.